The van der Waals surface area contributed by atoms with E-state index in [4.69, 9.17) is 4.74 Å². The molecule has 1 unspecified atom stereocenters. The molecule has 1 aromatic rings. The van der Waals surface area contributed by atoms with Crippen molar-refractivity contribution in [2.24, 2.45) is 0 Å². The minimum atomic E-state index is -0.0747. The van der Waals surface area contributed by atoms with Crippen LogP contribution in [0.2, 0.25) is 0 Å². The average Bonchev–Trinajstić information content (AvgIpc) is 2.86. The molecule has 19 heavy (non-hydrogen) atoms. The van der Waals surface area contributed by atoms with Gasteiger partial charge in [-0.1, -0.05) is 0 Å². The van der Waals surface area contributed by atoms with Crippen LogP contribution in [0.1, 0.15) is 19.4 Å². The minimum Gasteiger partial charge on any atom is -0.385 e. The summed E-state index contributed by atoms with van der Waals surface area (Å²) in [5.74, 6) is 0.0926. The number of hydrogen-bond donors (Lipinski definition) is 1. The number of rotatable bonds is 7. The fourth-order valence-corrected chi connectivity index (χ4v) is 2.21. The molecule has 1 amide bonds. The molecule has 1 aliphatic rings. The first-order valence-corrected chi connectivity index (χ1v) is 6.72. The fourth-order valence-electron chi connectivity index (χ4n) is 2.21. The van der Waals surface area contributed by atoms with Crippen LogP contribution in [-0.4, -0.2) is 60.0 Å². The Morgan fingerprint density at radius 3 is 3.00 bits per heavy atom. The van der Waals surface area contributed by atoms with Crippen LogP contribution in [0, 0.1) is 0 Å². The molecular weight excluding hydrogens is 244 g/mol. The monoisotopic (exact) mass is 266 g/mol. The number of nitrogens with zero attached hydrogens (tertiary/aromatic N) is 3. The maximum absolute atomic E-state index is 11.9. The Morgan fingerprint density at radius 1 is 1.58 bits per heavy atom. The fraction of sp³-hybridized carbons (Fsp3) is 0.692. The minimum absolute atomic E-state index is 0.0747. The molecule has 1 aliphatic heterocycles. The van der Waals surface area contributed by atoms with E-state index in [2.05, 4.69) is 15.3 Å². The zero-order valence-electron chi connectivity index (χ0n) is 11.6. The number of likely N-dealkylation sites (tertiary alicyclic amines) is 1. The zero-order valence-corrected chi connectivity index (χ0v) is 11.6. The molecule has 1 aromatic heterocycles. The largest absolute Gasteiger partial charge is 0.385 e. The molecule has 0 spiro atoms. The van der Waals surface area contributed by atoms with Crippen molar-refractivity contribution < 1.29 is 9.53 Å². The normalized spacial score (nSPS) is 18.0. The Labute approximate surface area is 113 Å². The van der Waals surface area contributed by atoms with E-state index in [-0.39, 0.29) is 11.9 Å². The first-order valence-electron chi connectivity index (χ1n) is 6.72. The highest BCUT2D eigenvalue weighted by atomic mass is 16.5. The molecule has 1 saturated heterocycles. The molecule has 2 heterocycles. The molecule has 0 aromatic carbocycles. The van der Waals surface area contributed by atoms with E-state index in [9.17, 15) is 4.79 Å². The van der Waals surface area contributed by atoms with Crippen LogP contribution in [0.3, 0.4) is 0 Å². The lowest BCUT2D eigenvalue weighted by Crippen LogP contribution is -2.56. The van der Waals surface area contributed by atoms with Crippen LogP contribution in [0.4, 0.5) is 0 Å². The first-order chi connectivity index (χ1) is 9.22. The smallest absolute Gasteiger partial charge is 0.237 e. The summed E-state index contributed by atoms with van der Waals surface area (Å²) >= 11 is 0. The van der Waals surface area contributed by atoms with Gasteiger partial charge in [0.25, 0.3) is 0 Å². The molecule has 6 nitrogen and oxygen atoms in total. The van der Waals surface area contributed by atoms with E-state index in [1.807, 2.05) is 23.9 Å². The van der Waals surface area contributed by atoms with Gasteiger partial charge in [-0.05, 0) is 19.4 Å². The Morgan fingerprint density at radius 2 is 2.37 bits per heavy atom. The molecule has 1 atom stereocenters. The van der Waals surface area contributed by atoms with E-state index < -0.39 is 0 Å². The third-order valence-electron chi connectivity index (χ3n) is 3.54. The van der Waals surface area contributed by atoms with Crippen molar-refractivity contribution in [3.05, 3.63) is 18.5 Å². The van der Waals surface area contributed by atoms with Crippen LogP contribution in [-0.2, 0) is 9.53 Å². The van der Waals surface area contributed by atoms with Crippen LogP contribution in [0.15, 0.2) is 18.5 Å². The number of ether oxygens (including phenoxy) is 1. The van der Waals surface area contributed by atoms with Crippen LogP contribution < -0.4 is 5.32 Å². The number of methoxy groups -OCH3 is 1. The van der Waals surface area contributed by atoms with Gasteiger partial charge in [0.1, 0.15) is 0 Å². The van der Waals surface area contributed by atoms with Gasteiger partial charge in [0.05, 0.1) is 12.1 Å². The second-order valence-corrected chi connectivity index (χ2v) is 4.91. The summed E-state index contributed by atoms with van der Waals surface area (Å²) in [6.45, 7) is 5.07. The van der Waals surface area contributed by atoms with E-state index >= 15 is 0 Å². The van der Waals surface area contributed by atoms with Crippen molar-refractivity contribution in [3.8, 4) is 0 Å². The Hall–Kier alpha value is -1.40. The highest BCUT2D eigenvalue weighted by Gasteiger charge is 2.34. The van der Waals surface area contributed by atoms with Crippen LogP contribution in [0.25, 0.3) is 0 Å². The number of carbonyl (C=O) groups is 1. The number of amides is 1. The quantitative estimate of drug-likeness (QED) is 0.720. The second kappa shape index (κ2) is 6.68. The van der Waals surface area contributed by atoms with Gasteiger partial charge in [-0.25, -0.2) is 0 Å². The first kappa shape index (κ1) is 14.0. The van der Waals surface area contributed by atoms with Crippen molar-refractivity contribution >= 4 is 5.91 Å². The highest BCUT2D eigenvalue weighted by Crippen LogP contribution is 2.22. The van der Waals surface area contributed by atoms with E-state index in [1.54, 1.807) is 13.3 Å². The Kier molecular flexibility index (Phi) is 4.93. The summed E-state index contributed by atoms with van der Waals surface area (Å²) in [6, 6.07) is 2.25. The SMILES string of the molecule is COCCCNC(=O)C(C)N1CC(n2cccn2)C1. The summed E-state index contributed by atoms with van der Waals surface area (Å²) in [5, 5.41) is 7.16. The van der Waals surface area contributed by atoms with Gasteiger partial charge in [0, 0.05) is 45.7 Å². The summed E-state index contributed by atoms with van der Waals surface area (Å²) in [5.41, 5.74) is 0. The third kappa shape index (κ3) is 3.54. The van der Waals surface area contributed by atoms with Crippen LogP contribution in [0.5, 0.6) is 0 Å². The lowest BCUT2D eigenvalue weighted by Gasteiger charge is -2.42. The maximum atomic E-state index is 11.9. The lowest BCUT2D eigenvalue weighted by atomic mass is 10.1. The predicted molar refractivity (Wildman–Crippen MR) is 71.8 cm³/mol. The Balaban J connectivity index is 1.67. The van der Waals surface area contributed by atoms with Gasteiger partial charge in [-0.3, -0.25) is 14.4 Å². The molecule has 6 heteroatoms. The molecule has 2 rings (SSSR count). The van der Waals surface area contributed by atoms with E-state index in [0.717, 1.165) is 19.5 Å². The van der Waals surface area contributed by atoms with E-state index in [0.29, 0.717) is 19.2 Å². The van der Waals surface area contributed by atoms with Gasteiger partial charge in [-0.2, -0.15) is 5.10 Å². The third-order valence-corrected chi connectivity index (χ3v) is 3.54. The summed E-state index contributed by atoms with van der Waals surface area (Å²) in [4.78, 5) is 14.1. The molecule has 1 N–H and O–H groups in total. The van der Waals surface area contributed by atoms with Crippen LogP contribution >= 0.6 is 0 Å². The van der Waals surface area contributed by atoms with Crippen molar-refractivity contribution in [2.75, 3.05) is 33.4 Å². The average molecular weight is 266 g/mol. The second-order valence-electron chi connectivity index (χ2n) is 4.91. The van der Waals surface area contributed by atoms with Gasteiger partial charge in [0.2, 0.25) is 5.91 Å². The van der Waals surface area contributed by atoms with Crippen molar-refractivity contribution in [1.29, 1.82) is 0 Å². The topological polar surface area (TPSA) is 59.4 Å². The summed E-state index contributed by atoms with van der Waals surface area (Å²) in [7, 11) is 1.67. The predicted octanol–water partition coefficient (Wildman–Crippen LogP) is 0.281. The molecular formula is C13H22N4O2. The summed E-state index contributed by atoms with van der Waals surface area (Å²) in [6.07, 6.45) is 4.61. The van der Waals surface area contributed by atoms with Crippen molar-refractivity contribution in [2.45, 2.75) is 25.4 Å². The lowest BCUT2D eigenvalue weighted by molar-refractivity contribution is -0.128. The Bertz CT molecular complexity index is 387. The molecule has 1 fully saturated rings. The zero-order chi connectivity index (χ0) is 13.7. The standard InChI is InChI=1S/C13H22N4O2/c1-11(13(18)14-5-4-8-19-2)16-9-12(10-16)17-7-3-6-15-17/h3,6-7,11-12H,4-5,8-10H2,1-2H3,(H,14,18). The number of aromatic nitrogens is 2. The van der Waals surface area contributed by atoms with Crippen molar-refractivity contribution in [1.82, 2.24) is 20.0 Å². The van der Waals surface area contributed by atoms with E-state index in [1.165, 1.54) is 0 Å². The van der Waals surface area contributed by atoms with Gasteiger partial charge < -0.3 is 10.1 Å². The van der Waals surface area contributed by atoms with Crippen molar-refractivity contribution in [3.63, 3.8) is 0 Å². The molecule has 0 bridgehead atoms. The highest BCUT2D eigenvalue weighted by molar-refractivity contribution is 5.81. The molecule has 0 saturated carbocycles. The van der Waals surface area contributed by atoms with Gasteiger partial charge >= 0.3 is 0 Å². The molecule has 106 valence electrons. The maximum Gasteiger partial charge on any atom is 0.237 e. The molecule has 0 radical (unpaired) electrons. The van der Waals surface area contributed by atoms with Gasteiger partial charge in [-0.15, -0.1) is 0 Å². The summed E-state index contributed by atoms with van der Waals surface area (Å²) < 4.78 is 6.91. The van der Waals surface area contributed by atoms with Gasteiger partial charge in [0.15, 0.2) is 0 Å². The number of carbonyl (C=O) groups excluding carboxylic acids is 1. The number of hydrogen-bond acceptors (Lipinski definition) is 4. The molecule has 0 aliphatic carbocycles. The number of nitrogens with one attached hydrogen (secondary N) is 1.